The molecular formula is C22H27N3O3S. The van der Waals surface area contributed by atoms with Gasteiger partial charge in [0.15, 0.2) is 5.13 Å². The molecule has 0 radical (unpaired) electrons. The Hall–Kier alpha value is -2.64. The fraction of sp³-hybridized carbons (Fsp3) is 0.364. The molecule has 0 spiro atoms. The van der Waals surface area contributed by atoms with Crippen LogP contribution in [0.2, 0.25) is 0 Å². The van der Waals surface area contributed by atoms with E-state index in [0.717, 1.165) is 35.6 Å². The third-order valence-corrected chi connectivity index (χ3v) is 5.99. The second-order valence-corrected chi connectivity index (χ2v) is 7.52. The highest BCUT2D eigenvalue weighted by molar-refractivity contribution is 7.22. The summed E-state index contributed by atoms with van der Waals surface area (Å²) in [5, 5.41) is 0.677. The van der Waals surface area contributed by atoms with E-state index in [-0.39, 0.29) is 5.91 Å². The van der Waals surface area contributed by atoms with Crippen LogP contribution >= 0.6 is 11.3 Å². The van der Waals surface area contributed by atoms with Gasteiger partial charge in [-0.15, -0.1) is 0 Å². The summed E-state index contributed by atoms with van der Waals surface area (Å²) in [6.07, 6.45) is 0. The number of carbonyl (C=O) groups is 1. The van der Waals surface area contributed by atoms with Crippen molar-refractivity contribution in [3.63, 3.8) is 0 Å². The first-order chi connectivity index (χ1) is 14.1. The molecule has 3 rings (SSSR count). The SMILES string of the molecule is CCN(CC)CCN(C(=O)c1ccccc1OC)c1nc2cc(OC)ccc2s1. The molecule has 0 atom stereocenters. The summed E-state index contributed by atoms with van der Waals surface area (Å²) in [7, 11) is 3.21. The number of likely N-dealkylation sites (N-methyl/N-ethyl adjacent to an activating group) is 1. The zero-order chi connectivity index (χ0) is 20.8. The molecule has 0 aliphatic heterocycles. The summed E-state index contributed by atoms with van der Waals surface area (Å²) in [5.74, 6) is 1.20. The Kier molecular flexibility index (Phi) is 7.06. The van der Waals surface area contributed by atoms with Gasteiger partial charge in [0.1, 0.15) is 11.5 Å². The van der Waals surface area contributed by atoms with E-state index in [2.05, 4.69) is 18.7 Å². The van der Waals surface area contributed by atoms with Gasteiger partial charge in [-0.25, -0.2) is 4.98 Å². The van der Waals surface area contributed by atoms with Gasteiger partial charge in [-0.3, -0.25) is 9.69 Å². The molecule has 6 nitrogen and oxygen atoms in total. The number of aromatic nitrogens is 1. The maximum absolute atomic E-state index is 13.5. The van der Waals surface area contributed by atoms with Crippen LogP contribution in [0.3, 0.4) is 0 Å². The van der Waals surface area contributed by atoms with Crippen LogP contribution in [0.5, 0.6) is 11.5 Å². The van der Waals surface area contributed by atoms with Crippen LogP contribution in [0.25, 0.3) is 10.2 Å². The van der Waals surface area contributed by atoms with Crippen molar-refractivity contribution >= 4 is 32.6 Å². The Morgan fingerprint density at radius 3 is 2.48 bits per heavy atom. The molecule has 2 aromatic carbocycles. The lowest BCUT2D eigenvalue weighted by molar-refractivity contribution is 0.0981. The third-order valence-electron chi connectivity index (χ3n) is 4.93. The van der Waals surface area contributed by atoms with Crippen molar-refractivity contribution in [2.24, 2.45) is 0 Å². The van der Waals surface area contributed by atoms with Crippen molar-refractivity contribution < 1.29 is 14.3 Å². The molecule has 154 valence electrons. The molecule has 3 aromatic rings. The number of hydrogen-bond donors (Lipinski definition) is 0. The van der Waals surface area contributed by atoms with Gasteiger partial charge >= 0.3 is 0 Å². The minimum atomic E-state index is -0.111. The number of fused-ring (bicyclic) bond motifs is 1. The first kappa shape index (κ1) is 21.1. The van der Waals surface area contributed by atoms with Crippen molar-refractivity contribution in [2.45, 2.75) is 13.8 Å². The summed E-state index contributed by atoms with van der Waals surface area (Å²) in [5.41, 5.74) is 1.36. The summed E-state index contributed by atoms with van der Waals surface area (Å²) in [6.45, 7) is 7.44. The van der Waals surface area contributed by atoms with E-state index < -0.39 is 0 Å². The lowest BCUT2D eigenvalue weighted by atomic mass is 10.1. The highest BCUT2D eigenvalue weighted by Gasteiger charge is 2.24. The number of amides is 1. The molecule has 1 heterocycles. The number of carbonyl (C=O) groups excluding carboxylic acids is 1. The standard InChI is InChI=1S/C22H27N3O3S/c1-5-24(6-2)13-14-25(21(26)17-9-7-8-10-19(17)28-4)22-23-18-15-16(27-3)11-12-20(18)29-22/h7-12,15H,5-6,13-14H2,1-4H3. The smallest absolute Gasteiger partial charge is 0.263 e. The van der Waals surface area contributed by atoms with Crippen LogP contribution in [0, 0.1) is 0 Å². The van der Waals surface area contributed by atoms with Crippen LogP contribution < -0.4 is 14.4 Å². The molecule has 1 aromatic heterocycles. The largest absolute Gasteiger partial charge is 0.497 e. The maximum Gasteiger partial charge on any atom is 0.263 e. The Labute approximate surface area is 175 Å². The molecule has 1 amide bonds. The van der Waals surface area contributed by atoms with Gasteiger partial charge in [0.25, 0.3) is 5.91 Å². The number of nitrogens with zero attached hydrogens (tertiary/aromatic N) is 3. The topological polar surface area (TPSA) is 54.9 Å². The van der Waals surface area contributed by atoms with E-state index in [9.17, 15) is 4.79 Å². The predicted octanol–water partition coefficient (Wildman–Crippen LogP) is 4.30. The van der Waals surface area contributed by atoms with Gasteiger partial charge in [0.2, 0.25) is 0 Å². The molecule has 0 saturated carbocycles. The average Bonchev–Trinajstić information content (AvgIpc) is 3.19. The minimum absolute atomic E-state index is 0.111. The van der Waals surface area contributed by atoms with Gasteiger partial charge < -0.3 is 14.4 Å². The lowest BCUT2D eigenvalue weighted by Crippen LogP contribution is -2.39. The van der Waals surface area contributed by atoms with E-state index in [4.69, 9.17) is 14.5 Å². The van der Waals surface area contributed by atoms with E-state index in [1.165, 1.54) is 11.3 Å². The molecule has 29 heavy (non-hydrogen) atoms. The predicted molar refractivity (Wildman–Crippen MR) is 119 cm³/mol. The molecule has 0 bridgehead atoms. The summed E-state index contributed by atoms with van der Waals surface area (Å²) >= 11 is 1.51. The maximum atomic E-state index is 13.5. The van der Waals surface area contributed by atoms with Crippen LogP contribution in [0.15, 0.2) is 42.5 Å². The Morgan fingerprint density at radius 1 is 1.03 bits per heavy atom. The van der Waals surface area contributed by atoms with E-state index >= 15 is 0 Å². The number of anilines is 1. The van der Waals surface area contributed by atoms with Gasteiger partial charge in [0, 0.05) is 19.2 Å². The average molecular weight is 414 g/mol. The summed E-state index contributed by atoms with van der Waals surface area (Å²) in [6, 6.07) is 13.1. The Morgan fingerprint density at radius 2 is 1.79 bits per heavy atom. The molecule has 0 unspecified atom stereocenters. The zero-order valence-electron chi connectivity index (χ0n) is 17.3. The Balaban J connectivity index is 1.99. The summed E-state index contributed by atoms with van der Waals surface area (Å²) in [4.78, 5) is 22.3. The molecule has 7 heteroatoms. The molecule has 0 N–H and O–H groups in total. The number of thiazole rings is 1. The second kappa shape index (κ2) is 9.71. The number of rotatable bonds is 9. The summed E-state index contributed by atoms with van der Waals surface area (Å²) < 4.78 is 11.7. The highest BCUT2D eigenvalue weighted by atomic mass is 32.1. The van der Waals surface area contributed by atoms with Gasteiger partial charge in [0.05, 0.1) is 30.0 Å². The fourth-order valence-corrected chi connectivity index (χ4v) is 4.14. The van der Waals surface area contributed by atoms with E-state index in [1.807, 2.05) is 30.3 Å². The lowest BCUT2D eigenvalue weighted by Gasteiger charge is -2.25. The van der Waals surface area contributed by atoms with Crippen LogP contribution in [-0.4, -0.2) is 56.2 Å². The third kappa shape index (κ3) is 4.68. The highest BCUT2D eigenvalue weighted by Crippen LogP contribution is 2.32. The second-order valence-electron chi connectivity index (χ2n) is 6.51. The van der Waals surface area contributed by atoms with Gasteiger partial charge in [-0.1, -0.05) is 37.3 Å². The molecular weight excluding hydrogens is 386 g/mol. The number of para-hydroxylation sites is 1. The van der Waals surface area contributed by atoms with Crippen molar-refractivity contribution in [3.8, 4) is 11.5 Å². The van der Waals surface area contributed by atoms with Crippen molar-refractivity contribution in [1.29, 1.82) is 0 Å². The normalized spacial score (nSPS) is 11.1. The monoisotopic (exact) mass is 413 g/mol. The van der Waals surface area contributed by atoms with Crippen molar-refractivity contribution in [1.82, 2.24) is 9.88 Å². The zero-order valence-corrected chi connectivity index (χ0v) is 18.2. The molecule has 0 aliphatic rings. The van der Waals surface area contributed by atoms with E-state index in [0.29, 0.717) is 23.0 Å². The Bertz CT molecular complexity index is 969. The van der Waals surface area contributed by atoms with Gasteiger partial charge in [-0.2, -0.15) is 0 Å². The van der Waals surface area contributed by atoms with Crippen molar-refractivity contribution in [3.05, 3.63) is 48.0 Å². The van der Waals surface area contributed by atoms with Gasteiger partial charge in [-0.05, 0) is 37.4 Å². The first-order valence-corrected chi connectivity index (χ1v) is 10.5. The quantitative estimate of drug-likeness (QED) is 0.523. The van der Waals surface area contributed by atoms with Crippen LogP contribution in [0.1, 0.15) is 24.2 Å². The minimum Gasteiger partial charge on any atom is -0.497 e. The van der Waals surface area contributed by atoms with Crippen molar-refractivity contribution in [2.75, 3.05) is 45.3 Å². The van der Waals surface area contributed by atoms with E-state index in [1.54, 1.807) is 31.3 Å². The number of ether oxygens (including phenoxy) is 2. The van der Waals surface area contributed by atoms with Crippen LogP contribution in [-0.2, 0) is 0 Å². The first-order valence-electron chi connectivity index (χ1n) is 9.73. The molecule has 0 fully saturated rings. The van der Waals surface area contributed by atoms with Crippen LogP contribution in [0.4, 0.5) is 5.13 Å². The number of hydrogen-bond acceptors (Lipinski definition) is 6. The fourth-order valence-electron chi connectivity index (χ4n) is 3.17. The number of methoxy groups -OCH3 is 2. The molecule has 0 aliphatic carbocycles. The number of benzene rings is 2. The molecule has 0 saturated heterocycles.